The third-order valence-corrected chi connectivity index (χ3v) is 3.37. The molecule has 0 aromatic heterocycles. The highest BCUT2D eigenvalue weighted by Crippen LogP contribution is 2.29. The zero-order valence-electron chi connectivity index (χ0n) is 11.0. The summed E-state index contributed by atoms with van der Waals surface area (Å²) in [6.45, 7) is 0.367. The van der Waals surface area contributed by atoms with Gasteiger partial charge in [0.15, 0.2) is 0 Å². The van der Waals surface area contributed by atoms with Crippen LogP contribution in [-0.2, 0) is 9.47 Å². The van der Waals surface area contributed by atoms with Crippen LogP contribution >= 0.6 is 0 Å². The third-order valence-electron chi connectivity index (χ3n) is 3.37. The molecule has 2 aliphatic heterocycles. The second-order valence-electron chi connectivity index (χ2n) is 4.70. The molecule has 1 atom stereocenters. The minimum Gasteiger partial charge on any atom is -0.447 e. The molecule has 21 heavy (non-hydrogen) atoms. The number of benzene rings is 1. The predicted octanol–water partition coefficient (Wildman–Crippen LogP) is 1.10. The largest absolute Gasteiger partial charge is 0.447 e. The van der Waals surface area contributed by atoms with Crippen LogP contribution in [0.4, 0.5) is 25.4 Å². The zero-order valence-corrected chi connectivity index (χ0v) is 11.0. The fourth-order valence-electron chi connectivity index (χ4n) is 2.32. The molecule has 2 amide bonds. The Balaban J connectivity index is 1.84. The number of aliphatic hydroxyl groups excluding tert-OH is 1. The molecule has 3 rings (SSSR count). The molecule has 2 aliphatic rings. The first kappa shape index (κ1) is 13.6. The summed E-state index contributed by atoms with van der Waals surface area (Å²) in [5.41, 5.74) is 0.414. The Morgan fingerprint density at radius 2 is 2.10 bits per heavy atom. The lowest BCUT2D eigenvalue weighted by atomic mass is 10.2. The van der Waals surface area contributed by atoms with Crippen LogP contribution in [0.1, 0.15) is 0 Å². The molecule has 0 saturated carbocycles. The van der Waals surface area contributed by atoms with E-state index in [9.17, 15) is 14.0 Å². The van der Waals surface area contributed by atoms with Crippen LogP contribution in [0, 0.1) is 5.82 Å². The molecule has 2 fully saturated rings. The van der Waals surface area contributed by atoms with Crippen molar-refractivity contribution < 1.29 is 28.6 Å². The van der Waals surface area contributed by atoms with Crippen molar-refractivity contribution in [3.8, 4) is 0 Å². The number of ether oxygens (including phenoxy) is 2. The van der Waals surface area contributed by atoms with E-state index in [2.05, 4.69) is 0 Å². The monoisotopic (exact) mass is 296 g/mol. The van der Waals surface area contributed by atoms with Gasteiger partial charge in [-0.2, -0.15) is 0 Å². The second-order valence-corrected chi connectivity index (χ2v) is 4.70. The topological polar surface area (TPSA) is 79.3 Å². The van der Waals surface area contributed by atoms with Crippen molar-refractivity contribution in [3.63, 3.8) is 0 Å². The number of nitrogens with zero attached hydrogens (tertiary/aromatic N) is 2. The fourth-order valence-corrected chi connectivity index (χ4v) is 2.32. The average molecular weight is 296 g/mol. The van der Waals surface area contributed by atoms with Crippen molar-refractivity contribution >= 4 is 23.6 Å². The molecule has 1 aromatic carbocycles. The minimum atomic E-state index is -0.637. The highest BCUT2D eigenvalue weighted by molar-refractivity contribution is 5.92. The number of carbonyl (C=O) groups is 2. The summed E-state index contributed by atoms with van der Waals surface area (Å²) in [5, 5.41) is 8.98. The Kier molecular flexibility index (Phi) is 3.38. The zero-order chi connectivity index (χ0) is 15.0. The summed E-state index contributed by atoms with van der Waals surface area (Å²) in [4.78, 5) is 25.5. The van der Waals surface area contributed by atoms with E-state index in [4.69, 9.17) is 14.6 Å². The molecule has 1 aromatic rings. The fraction of sp³-hybridized carbons (Fsp3) is 0.385. The van der Waals surface area contributed by atoms with Crippen molar-refractivity contribution in [1.29, 1.82) is 0 Å². The summed E-state index contributed by atoms with van der Waals surface area (Å²) in [7, 11) is 0. The Morgan fingerprint density at radius 1 is 1.29 bits per heavy atom. The first-order valence-corrected chi connectivity index (χ1v) is 6.43. The van der Waals surface area contributed by atoms with Gasteiger partial charge in [-0.15, -0.1) is 0 Å². The first-order valence-electron chi connectivity index (χ1n) is 6.43. The van der Waals surface area contributed by atoms with Gasteiger partial charge >= 0.3 is 12.2 Å². The van der Waals surface area contributed by atoms with Gasteiger partial charge in [0.2, 0.25) is 0 Å². The molecule has 0 radical (unpaired) electrons. The summed E-state index contributed by atoms with van der Waals surface area (Å²) in [6.07, 6.45) is -1.85. The van der Waals surface area contributed by atoms with Gasteiger partial charge in [0.1, 0.15) is 18.5 Å². The van der Waals surface area contributed by atoms with Crippen LogP contribution in [0.5, 0.6) is 0 Å². The predicted molar refractivity (Wildman–Crippen MR) is 69.8 cm³/mol. The van der Waals surface area contributed by atoms with Crippen molar-refractivity contribution in [2.24, 2.45) is 0 Å². The van der Waals surface area contributed by atoms with E-state index >= 15 is 0 Å². The average Bonchev–Trinajstić information content (AvgIpc) is 3.05. The number of hydrogen-bond acceptors (Lipinski definition) is 5. The maximum Gasteiger partial charge on any atom is 0.414 e. The number of halogens is 1. The molecule has 8 heteroatoms. The van der Waals surface area contributed by atoms with Gasteiger partial charge in [0, 0.05) is 0 Å². The van der Waals surface area contributed by atoms with Crippen LogP contribution in [0.25, 0.3) is 0 Å². The van der Waals surface area contributed by atoms with E-state index < -0.39 is 24.1 Å². The van der Waals surface area contributed by atoms with Gasteiger partial charge < -0.3 is 14.6 Å². The molecule has 2 heterocycles. The number of rotatable bonds is 3. The van der Waals surface area contributed by atoms with E-state index in [1.54, 1.807) is 0 Å². The maximum atomic E-state index is 14.2. The van der Waals surface area contributed by atoms with Crippen molar-refractivity contribution in [1.82, 2.24) is 0 Å². The van der Waals surface area contributed by atoms with Crippen LogP contribution in [0.3, 0.4) is 0 Å². The minimum absolute atomic E-state index is 0.104. The molecular formula is C13H13FN2O5. The van der Waals surface area contributed by atoms with Crippen LogP contribution < -0.4 is 9.80 Å². The highest BCUT2D eigenvalue weighted by atomic mass is 19.1. The summed E-state index contributed by atoms with van der Waals surface area (Å²) < 4.78 is 23.8. The van der Waals surface area contributed by atoms with E-state index in [-0.39, 0.29) is 32.0 Å². The number of carbonyl (C=O) groups excluding carboxylic acids is 2. The quantitative estimate of drug-likeness (QED) is 0.903. The van der Waals surface area contributed by atoms with E-state index in [1.807, 2.05) is 0 Å². The first-order chi connectivity index (χ1) is 10.1. The molecule has 0 spiro atoms. The van der Waals surface area contributed by atoms with Gasteiger partial charge in [-0.05, 0) is 18.2 Å². The van der Waals surface area contributed by atoms with Crippen molar-refractivity contribution in [2.45, 2.75) is 6.10 Å². The Labute approximate surface area is 119 Å². The molecule has 112 valence electrons. The molecule has 1 N–H and O–H groups in total. The third kappa shape index (κ3) is 2.38. The summed E-state index contributed by atoms with van der Waals surface area (Å²) >= 11 is 0. The SMILES string of the molecule is O=C1OC(CO)CN1c1ccc(N2CCOC2=O)c(F)c1. The molecular weight excluding hydrogens is 283 g/mol. The smallest absolute Gasteiger partial charge is 0.414 e. The molecule has 0 aliphatic carbocycles. The molecule has 2 saturated heterocycles. The van der Waals surface area contributed by atoms with Crippen molar-refractivity contribution in [3.05, 3.63) is 24.0 Å². The number of anilines is 2. The molecule has 1 unspecified atom stereocenters. The van der Waals surface area contributed by atoms with Gasteiger partial charge in [-0.25, -0.2) is 14.0 Å². The Bertz CT molecular complexity index is 594. The summed E-state index contributed by atoms with van der Waals surface area (Å²) in [5.74, 6) is -0.633. The molecule has 7 nitrogen and oxygen atoms in total. The van der Waals surface area contributed by atoms with Crippen LogP contribution in [0.15, 0.2) is 18.2 Å². The van der Waals surface area contributed by atoms with Crippen LogP contribution in [0.2, 0.25) is 0 Å². The Hall–Kier alpha value is -2.35. The van der Waals surface area contributed by atoms with Gasteiger partial charge in [-0.1, -0.05) is 0 Å². The van der Waals surface area contributed by atoms with Gasteiger partial charge in [-0.3, -0.25) is 9.80 Å². The standard InChI is InChI=1S/C13H13FN2O5/c14-10-5-8(16-6-9(7-17)21-13(16)19)1-2-11(10)15-3-4-20-12(15)18/h1-2,5,9,17H,3-4,6-7H2. The van der Waals surface area contributed by atoms with Crippen LogP contribution in [-0.4, -0.2) is 49.7 Å². The lowest BCUT2D eigenvalue weighted by Gasteiger charge is -2.17. The van der Waals surface area contributed by atoms with Gasteiger partial charge in [0.25, 0.3) is 0 Å². The Morgan fingerprint density at radius 3 is 2.67 bits per heavy atom. The number of amides is 2. The molecule has 0 bridgehead atoms. The second kappa shape index (κ2) is 5.21. The van der Waals surface area contributed by atoms with Crippen molar-refractivity contribution in [2.75, 3.05) is 36.1 Å². The number of cyclic esters (lactones) is 2. The lowest BCUT2D eigenvalue weighted by molar-refractivity contribution is 0.0963. The normalized spacial score (nSPS) is 21.7. The maximum absolute atomic E-state index is 14.2. The number of hydrogen-bond donors (Lipinski definition) is 1. The summed E-state index contributed by atoms with van der Waals surface area (Å²) in [6, 6.07) is 4.09. The highest BCUT2D eigenvalue weighted by Gasteiger charge is 2.33. The van der Waals surface area contributed by atoms with Gasteiger partial charge in [0.05, 0.1) is 31.1 Å². The van der Waals surface area contributed by atoms with E-state index in [0.717, 1.165) is 6.07 Å². The van der Waals surface area contributed by atoms with E-state index in [1.165, 1.54) is 21.9 Å². The number of aliphatic hydroxyl groups is 1. The van der Waals surface area contributed by atoms with E-state index in [0.29, 0.717) is 5.69 Å². The lowest BCUT2D eigenvalue weighted by Crippen LogP contribution is -2.27.